The van der Waals surface area contributed by atoms with Gasteiger partial charge in [-0.3, -0.25) is 4.98 Å². The topological polar surface area (TPSA) is 49.8 Å². The number of rotatable bonds is 2. The Morgan fingerprint density at radius 3 is 2.63 bits per heavy atom. The van der Waals surface area contributed by atoms with Gasteiger partial charge in [0.25, 0.3) is 0 Å². The van der Waals surface area contributed by atoms with E-state index in [4.69, 9.17) is 9.68 Å². The normalized spacial score (nSPS) is 10.1. The summed E-state index contributed by atoms with van der Waals surface area (Å²) >= 11 is 0. The number of pyridine rings is 1. The molecular formula is C16H10N2O. The van der Waals surface area contributed by atoms with E-state index in [2.05, 4.69) is 11.1 Å². The molecule has 3 aromatic rings. The van der Waals surface area contributed by atoms with Crippen molar-refractivity contribution in [2.75, 3.05) is 0 Å². The highest BCUT2D eigenvalue weighted by Crippen LogP contribution is 2.27. The molecule has 0 saturated heterocycles. The van der Waals surface area contributed by atoms with Crippen LogP contribution in [0.3, 0.4) is 0 Å². The summed E-state index contributed by atoms with van der Waals surface area (Å²) in [6.07, 6.45) is 1.73. The molecule has 0 aliphatic heterocycles. The monoisotopic (exact) mass is 246 g/mol. The van der Waals surface area contributed by atoms with Gasteiger partial charge in [0.2, 0.25) is 0 Å². The molecule has 0 amide bonds. The van der Waals surface area contributed by atoms with Crippen molar-refractivity contribution < 1.29 is 4.42 Å². The van der Waals surface area contributed by atoms with Gasteiger partial charge in [0.15, 0.2) is 5.76 Å². The molecule has 0 bridgehead atoms. The van der Waals surface area contributed by atoms with Crippen LogP contribution in [-0.4, -0.2) is 4.98 Å². The molecule has 3 rings (SSSR count). The molecule has 0 saturated carbocycles. The first-order valence-electron chi connectivity index (χ1n) is 5.88. The van der Waals surface area contributed by atoms with E-state index in [0.717, 1.165) is 22.8 Å². The third-order valence-electron chi connectivity index (χ3n) is 2.80. The van der Waals surface area contributed by atoms with Gasteiger partial charge in [-0.05, 0) is 36.4 Å². The number of aromatic nitrogens is 1. The Balaban J connectivity index is 2.00. The molecule has 0 radical (unpaired) electrons. The predicted octanol–water partition coefficient (Wildman–Crippen LogP) is 3.88. The fourth-order valence-corrected chi connectivity index (χ4v) is 1.88. The molecule has 1 aromatic carbocycles. The second-order valence-corrected chi connectivity index (χ2v) is 4.07. The number of hydrogen-bond acceptors (Lipinski definition) is 3. The first-order valence-corrected chi connectivity index (χ1v) is 5.88. The van der Waals surface area contributed by atoms with E-state index in [9.17, 15) is 0 Å². The zero-order valence-electron chi connectivity index (χ0n) is 10.1. The zero-order valence-corrected chi connectivity index (χ0v) is 10.1. The van der Waals surface area contributed by atoms with Gasteiger partial charge in [0.05, 0.1) is 11.6 Å². The molecule has 0 fully saturated rings. The molecule has 3 nitrogen and oxygen atoms in total. The minimum Gasteiger partial charge on any atom is -0.454 e. The maximum absolute atomic E-state index is 8.90. The van der Waals surface area contributed by atoms with Gasteiger partial charge in [-0.1, -0.05) is 18.2 Å². The van der Waals surface area contributed by atoms with Crippen molar-refractivity contribution in [2.45, 2.75) is 0 Å². The van der Waals surface area contributed by atoms with Crippen LogP contribution >= 0.6 is 0 Å². The highest BCUT2D eigenvalue weighted by Gasteiger charge is 2.07. The maximum atomic E-state index is 8.90. The lowest BCUT2D eigenvalue weighted by molar-refractivity contribution is 0.595. The Labute approximate surface area is 110 Å². The SMILES string of the molecule is N#Cc1cccc(-c2ccc(-c3ccccn3)o2)c1. The lowest BCUT2D eigenvalue weighted by atomic mass is 10.1. The number of benzene rings is 1. The van der Waals surface area contributed by atoms with E-state index in [0.29, 0.717) is 5.56 Å². The largest absolute Gasteiger partial charge is 0.454 e. The lowest BCUT2D eigenvalue weighted by Gasteiger charge is -1.98. The minimum absolute atomic E-state index is 0.619. The van der Waals surface area contributed by atoms with Crippen LogP contribution in [-0.2, 0) is 0 Å². The Morgan fingerprint density at radius 2 is 1.84 bits per heavy atom. The van der Waals surface area contributed by atoms with Gasteiger partial charge in [-0.15, -0.1) is 0 Å². The summed E-state index contributed by atoms with van der Waals surface area (Å²) in [6, 6.07) is 18.9. The zero-order chi connectivity index (χ0) is 13.1. The van der Waals surface area contributed by atoms with Gasteiger partial charge >= 0.3 is 0 Å². The first kappa shape index (κ1) is 11.2. The average molecular weight is 246 g/mol. The Morgan fingerprint density at radius 1 is 0.947 bits per heavy atom. The highest BCUT2D eigenvalue weighted by atomic mass is 16.3. The van der Waals surface area contributed by atoms with Gasteiger partial charge in [-0.25, -0.2) is 0 Å². The van der Waals surface area contributed by atoms with Crippen molar-refractivity contribution in [3.05, 3.63) is 66.4 Å². The number of nitrogens with zero attached hydrogens (tertiary/aromatic N) is 2. The summed E-state index contributed by atoms with van der Waals surface area (Å²) in [5, 5.41) is 8.90. The molecule has 0 N–H and O–H groups in total. The van der Waals surface area contributed by atoms with Crippen LogP contribution in [0.25, 0.3) is 22.8 Å². The molecule has 0 aliphatic rings. The van der Waals surface area contributed by atoms with Gasteiger partial charge in [0.1, 0.15) is 11.5 Å². The molecule has 0 aliphatic carbocycles. The van der Waals surface area contributed by atoms with Crippen molar-refractivity contribution in [2.24, 2.45) is 0 Å². The van der Waals surface area contributed by atoms with E-state index in [-0.39, 0.29) is 0 Å². The fourth-order valence-electron chi connectivity index (χ4n) is 1.88. The van der Waals surface area contributed by atoms with E-state index < -0.39 is 0 Å². The predicted molar refractivity (Wildman–Crippen MR) is 72.1 cm³/mol. The van der Waals surface area contributed by atoms with E-state index in [1.807, 2.05) is 42.5 Å². The summed E-state index contributed by atoms with van der Waals surface area (Å²) in [5.41, 5.74) is 2.31. The van der Waals surface area contributed by atoms with Crippen LogP contribution in [0, 0.1) is 11.3 Å². The van der Waals surface area contributed by atoms with Crippen molar-refractivity contribution in [1.29, 1.82) is 5.26 Å². The number of furan rings is 1. The Hall–Kier alpha value is -2.86. The molecule has 0 atom stereocenters. The molecule has 3 heteroatoms. The summed E-state index contributed by atoms with van der Waals surface area (Å²) < 4.78 is 5.78. The third kappa shape index (κ3) is 2.24. The van der Waals surface area contributed by atoms with Crippen LogP contribution in [0.5, 0.6) is 0 Å². The highest BCUT2D eigenvalue weighted by molar-refractivity contribution is 5.64. The summed E-state index contributed by atoms with van der Waals surface area (Å²) in [5.74, 6) is 1.45. The summed E-state index contributed by atoms with van der Waals surface area (Å²) in [4.78, 5) is 4.24. The van der Waals surface area contributed by atoms with Crippen LogP contribution in [0.1, 0.15) is 5.56 Å². The molecule has 2 heterocycles. The standard InChI is InChI=1S/C16H10N2O/c17-11-12-4-3-5-13(10-12)15-7-8-16(19-15)14-6-1-2-9-18-14/h1-10H. The van der Waals surface area contributed by atoms with Crippen LogP contribution in [0.15, 0.2) is 65.2 Å². The fraction of sp³-hybridized carbons (Fsp3) is 0. The lowest BCUT2D eigenvalue weighted by Crippen LogP contribution is -1.78. The number of hydrogen-bond donors (Lipinski definition) is 0. The minimum atomic E-state index is 0.619. The van der Waals surface area contributed by atoms with Gasteiger partial charge < -0.3 is 4.42 Å². The average Bonchev–Trinajstić information content (AvgIpc) is 2.98. The second-order valence-electron chi connectivity index (χ2n) is 4.07. The molecule has 0 spiro atoms. The smallest absolute Gasteiger partial charge is 0.153 e. The summed E-state index contributed by atoms with van der Waals surface area (Å²) in [7, 11) is 0. The van der Waals surface area contributed by atoms with Crippen molar-refractivity contribution in [1.82, 2.24) is 4.98 Å². The molecule has 90 valence electrons. The summed E-state index contributed by atoms with van der Waals surface area (Å²) in [6.45, 7) is 0. The quantitative estimate of drug-likeness (QED) is 0.689. The van der Waals surface area contributed by atoms with E-state index in [1.165, 1.54) is 0 Å². The van der Waals surface area contributed by atoms with Crippen molar-refractivity contribution >= 4 is 0 Å². The Kier molecular flexibility index (Phi) is 2.83. The third-order valence-corrected chi connectivity index (χ3v) is 2.80. The maximum Gasteiger partial charge on any atom is 0.153 e. The van der Waals surface area contributed by atoms with Crippen LogP contribution in [0.4, 0.5) is 0 Å². The molecule has 19 heavy (non-hydrogen) atoms. The van der Waals surface area contributed by atoms with Crippen LogP contribution < -0.4 is 0 Å². The van der Waals surface area contributed by atoms with Gasteiger partial charge in [-0.2, -0.15) is 5.26 Å². The Bertz CT molecular complexity index is 739. The molecule has 0 unspecified atom stereocenters. The van der Waals surface area contributed by atoms with E-state index in [1.54, 1.807) is 18.3 Å². The second kappa shape index (κ2) is 4.79. The molecule has 2 aromatic heterocycles. The number of nitriles is 1. The van der Waals surface area contributed by atoms with E-state index >= 15 is 0 Å². The van der Waals surface area contributed by atoms with Crippen LogP contribution in [0.2, 0.25) is 0 Å². The van der Waals surface area contributed by atoms with Gasteiger partial charge in [0, 0.05) is 11.8 Å². The molecular weight excluding hydrogens is 236 g/mol. The van der Waals surface area contributed by atoms with Crippen molar-refractivity contribution in [3.63, 3.8) is 0 Å². The first-order chi connectivity index (χ1) is 9.36. The van der Waals surface area contributed by atoms with Crippen molar-refractivity contribution in [3.8, 4) is 28.8 Å².